The quantitative estimate of drug-likeness (QED) is 0.891. The van der Waals surface area contributed by atoms with Crippen molar-refractivity contribution in [2.45, 2.75) is 52.0 Å². The van der Waals surface area contributed by atoms with Crippen LogP contribution in [0.1, 0.15) is 53.2 Å². The fourth-order valence-electron chi connectivity index (χ4n) is 3.15. The highest BCUT2D eigenvalue weighted by Gasteiger charge is 2.22. The summed E-state index contributed by atoms with van der Waals surface area (Å²) in [5.74, 6) is -0.0300. The number of nitrogens with two attached hydrogens (primary N) is 1. The minimum absolute atomic E-state index is 0.0300. The highest BCUT2D eigenvalue weighted by Crippen LogP contribution is 2.35. The fourth-order valence-corrected chi connectivity index (χ4v) is 4.32. The van der Waals surface area contributed by atoms with Gasteiger partial charge in [-0.2, -0.15) is 0 Å². The molecule has 0 saturated heterocycles. The van der Waals surface area contributed by atoms with Crippen molar-refractivity contribution in [3.8, 4) is 0 Å². The molecule has 112 valence electrons. The second-order valence-corrected chi connectivity index (χ2v) is 6.93. The molecule has 2 heterocycles. The number of fused-ring (bicyclic) bond motifs is 1. The molecule has 4 nitrogen and oxygen atoms in total. The van der Waals surface area contributed by atoms with E-state index in [1.807, 2.05) is 19.9 Å². The average molecular weight is 303 g/mol. The number of hydrogen-bond donors (Lipinski definition) is 2. The Morgan fingerprint density at radius 1 is 1.33 bits per heavy atom. The third-order valence-electron chi connectivity index (χ3n) is 4.16. The zero-order valence-electron chi connectivity index (χ0n) is 12.5. The Balaban J connectivity index is 1.91. The maximum Gasteiger partial charge on any atom is 0.263 e. The molecular formula is C16H21N3OS. The molecule has 0 atom stereocenters. The normalized spacial score (nSPS) is 16.3. The lowest BCUT2D eigenvalue weighted by atomic mass is 9.95. The predicted octanol–water partition coefficient (Wildman–Crippen LogP) is 3.56. The largest absolute Gasteiger partial charge is 0.397 e. The molecule has 5 heteroatoms. The molecule has 2 aromatic heterocycles. The summed E-state index contributed by atoms with van der Waals surface area (Å²) in [4.78, 5) is 17.6. The number of nitrogen functional groups attached to an aromatic ring is 1. The minimum Gasteiger partial charge on any atom is -0.397 e. The second kappa shape index (κ2) is 5.64. The molecule has 0 bridgehead atoms. The van der Waals surface area contributed by atoms with E-state index < -0.39 is 0 Å². The van der Waals surface area contributed by atoms with E-state index in [2.05, 4.69) is 10.3 Å². The summed E-state index contributed by atoms with van der Waals surface area (Å²) in [7, 11) is 0. The van der Waals surface area contributed by atoms with Crippen molar-refractivity contribution >= 4 is 33.0 Å². The van der Waals surface area contributed by atoms with E-state index in [-0.39, 0.29) is 5.91 Å². The summed E-state index contributed by atoms with van der Waals surface area (Å²) >= 11 is 1.47. The van der Waals surface area contributed by atoms with E-state index in [1.165, 1.54) is 30.6 Å². The van der Waals surface area contributed by atoms with Crippen molar-refractivity contribution in [1.29, 1.82) is 0 Å². The smallest absolute Gasteiger partial charge is 0.263 e. The summed E-state index contributed by atoms with van der Waals surface area (Å²) < 4.78 is 1.05. The van der Waals surface area contributed by atoms with Crippen LogP contribution < -0.4 is 11.1 Å². The lowest BCUT2D eigenvalue weighted by molar-refractivity contribution is 0.0933. The first-order chi connectivity index (χ1) is 10.1. The number of aromatic nitrogens is 1. The van der Waals surface area contributed by atoms with Gasteiger partial charge in [-0.05, 0) is 32.8 Å². The molecule has 0 aromatic carbocycles. The van der Waals surface area contributed by atoms with Crippen LogP contribution in [0.5, 0.6) is 0 Å². The molecule has 3 N–H and O–H groups in total. The van der Waals surface area contributed by atoms with Crippen LogP contribution in [0.15, 0.2) is 6.07 Å². The van der Waals surface area contributed by atoms with Crippen LogP contribution >= 0.6 is 11.3 Å². The van der Waals surface area contributed by atoms with Crippen LogP contribution in [0, 0.1) is 13.8 Å². The number of carbonyl (C=O) groups is 1. The van der Waals surface area contributed by atoms with Crippen LogP contribution in [0.3, 0.4) is 0 Å². The average Bonchev–Trinajstić information content (AvgIpc) is 2.77. The molecule has 0 radical (unpaired) electrons. The van der Waals surface area contributed by atoms with Crippen LogP contribution in [0.25, 0.3) is 10.1 Å². The lowest BCUT2D eigenvalue weighted by Gasteiger charge is -2.22. The lowest BCUT2D eigenvalue weighted by Crippen LogP contribution is -2.36. The van der Waals surface area contributed by atoms with Gasteiger partial charge in [-0.25, -0.2) is 0 Å². The predicted molar refractivity (Wildman–Crippen MR) is 87.8 cm³/mol. The summed E-state index contributed by atoms with van der Waals surface area (Å²) in [6, 6.07) is 2.30. The monoisotopic (exact) mass is 303 g/mol. The van der Waals surface area contributed by atoms with Gasteiger partial charge < -0.3 is 11.1 Å². The third kappa shape index (κ3) is 2.75. The van der Waals surface area contributed by atoms with Crippen LogP contribution in [-0.2, 0) is 0 Å². The highest BCUT2D eigenvalue weighted by atomic mass is 32.1. The van der Waals surface area contributed by atoms with Gasteiger partial charge in [0.1, 0.15) is 4.88 Å². The van der Waals surface area contributed by atoms with Gasteiger partial charge in [0.2, 0.25) is 0 Å². The molecule has 1 aliphatic rings. The van der Waals surface area contributed by atoms with Crippen molar-refractivity contribution in [3.05, 3.63) is 22.3 Å². The number of thiophene rings is 1. The first kappa shape index (κ1) is 14.3. The minimum atomic E-state index is -0.0300. The number of aryl methyl sites for hydroxylation is 2. The number of nitrogens with zero attached hydrogens (tertiary/aromatic N) is 1. The van der Waals surface area contributed by atoms with Crippen molar-refractivity contribution in [2.75, 3.05) is 5.73 Å². The molecule has 1 saturated carbocycles. The topological polar surface area (TPSA) is 68.0 Å². The number of hydrogen-bond acceptors (Lipinski definition) is 4. The first-order valence-corrected chi connectivity index (χ1v) is 8.35. The Kier molecular flexibility index (Phi) is 3.85. The molecule has 3 rings (SSSR count). The van der Waals surface area contributed by atoms with Crippen LogP contribution in [0.4, 0.5) is 5.69 Å². The highest BCUT2D eigenvalue weighted by molar-refractivity contribution is 7.21. The van der Waals surface area contributed by atoms with Gasteiger partial charge in [-0.15, -0.1) is 11.3 Å². The van der Waals surface area contributed by atoms with E-state index >= 15 is 0 Å². The van der Waals surface area contributed by atoms with Crippen molar-refractivity contribution in [3.63, 3.8) is 0 Å². The van der Waals surface area contributed by atoms with Gasteiger partial charge in [0.25, 0.3) is 5.91 Å². The Hall–Kier alpha value is -1.62. The third-order valence-corrected chi connectivity index (χ3v) is 5.32. The number of carbonyl (C=O) groups excluding carboxylic acids is 1. The summed E-state index contributed by atoms with van der Waals surface area (Å²) in [5.41, 5.74) is 8.64. The van der Waals surface area contributed by atoms with Crippen molar-refractivity contribution in [1.82, 2.24) is 10.3 Å². The van der Waals surface area contributed by atoms with E-state index in [0.717, 1.165) is 34.3 Å². The summed E-state index contributed by atoms with van der Waals surface area (Å²) in [6.07, 6.45) is 5.85. The molecule has 0 aliphatic heterocycles. The number of rotatable bonds is 2. The van der Waals surface area contributed by atoms with Gasteiger partial charge in [0.05, 0.1) is 5.69 Å². The molecular weight excluding hydrogens is 282 g/mol. The number of pyridine rings is 1. The van der Waals surface area contributed by atoms with Gasteiger partial charge in [-0.3, -0.25) is 9.78 Å². The van der Waals surface area contributed by atoms with Gasteiger partial charge in [-0.1, -0.05) is 19.3 Å². The Morgan fingerprint density at radius 2 is 2.05 bits per heavy atom. The zero-order chi connectivity index (χ0) is 15.0. The number of amides is 1. The Morgan fingerprint density at radius 3 is 2.76 bits per heavy atom. The maximum atomic E-state index is 12.5. The Labute approximate surface area is 128 Å². The standard InChI is InChI=1S/C16H21N3OS/c1-9-8-12-13(10(2)18-9)14(17)15(21-12)16(20)19-11-6-4-3-5-7-11/h8,11H,3-7,17H2,1-2H3,(H,19,20). The molecule has 0 spiro atoms. The molecule has 0 unspecified atom stereocenters. The van der Waals surface area contributed by atoms with E-state index in [1.54, 1.807) is 0 Å². The molecule has 1 amide bonds. The fraction of sp³-hybridized carbons (Fsp3) is 0.500. The van der Waals surface area contributed by atoms with E-state index in [4.69, 9.17) is 5.73 Å². The van der Waals surface area contributed by atoms with Gasteiger partial charge in [0.15, 0.2) is 0 Å². The second-order valence-electron chi connectivity index (χ2n) is 5.88. The SMILES string of the molecule is Cc1cc2sc(C(=O)NC3CCCCC3)c(N)c2c(C)n1. The van der Waals surface area contributed by atoms with Gasteiger partial charge in [0, 0.05) is 27.5 Å². The Bertz CT molecular complexity index is 686. The first-order valence-electron chi connectivity index (χ1n) is 7.53. The van der Waals surface area contributed by atoms with E-state index in [9.17, 15) is 4.79 Å². The molecule has 2 aromatic rings. The number of nitrogens with one attached hydrogen (secondary N) is 1. The van der Waals surface area contributed by atoms with Crippen molar-refractivity contribution in [2.24, 2.45) is 0 Å². The van der Waals surface area contributed by atoms with Crippen LogP contribution in [-0.4, -0.2) is 16.9 Å². The maximum absolute atomic E-state index is 12.5. The van der Waals surface area contributed by atoms with E-state index in [0.29, 0.717) is 16.6 Å². The number of anilines is 1. The van der Waals surface area contributed by atoms with Crippen LogP contribution in [0.2, 0.25) is 0 Å². The zero-order valence-corrected chi connectivity index (χ0v) is 13.3. The molecule has 21 heavy (non-hydrogen) atoms. The van der Waals surface area contributed by atoms with Crippen molar-refractivity contribution < 1.29 is 4.79 Å². The molecule has 1 aliphatic carbocycles. The molecule has 1 fully saturated rings. The summed E-state index contributed by atoms with van der Waals surface area (Å²) in [6.45, 7) is 3.91. The van der Waals surface area contributed by atoms with Gasteiger partial charge >= 0.3 is 0 Å². The summed E-state index contributed by atoms with van der Waals surface area (Å²) in [5, 5.41) is 4.07.